The van der Waals surface area contributed by atoms with E-state index in [1.807, 2.05) is 7.05 Å². The zero-order valence-electron chi connectivity index (χ0n) is 17.7. The van der Waals surface area contributed by atoms with E-state index >= 15 is 0 Å². The molecule has 154 valence electrons. The van der Waals surface area contributed by atoms with E-state index in [9.17, 15) is 0 Å². The SMILES string of the molecule is CN=C(NC1CCc2nc(C(C)C)nn2C1)NC1CC(C)(OC)C1(C)C.I. The number of methoxy groups -OCH3 is 1. The van der Waals surface area contributed by atoms with Gasteiger partial charge in [0.2, 0.25) is 0 Å². The maximum absolute atomic E-state index is 5.73. The van der Waals surface area contributed by atoms with E-state index in [-0.39, 0.29) is 35.0 Å². The Hall–Kier alpha value is -0.900. The Kier molecular flexibility index (Phi) is 6.82. The van der Waals surface area contributed by atoms with Crippen molar-refractivity contribution in [2.45, 2.75) is 84.0 Å². The molecule has 27 heavy (non-hydrogen) atoms. The Bertz CT molecular complexity index is 686. The molecular weight excluding hydrogens is 455 g/mol. The van der Waals surface area contributed by atoms with E-state index in [1.54, 1.807) is 7.11 Å². The summed E-state index contributed by atoms with van der Waals surface area (Å²) in [5.74, 6) is 3.27. The second-order valence-corrected chi connectivity index (χ2v) is 8.73. The normalized spacial score (nSPS) is 29.6. The number of hydrogen-bond donors (Lipinski definition) is 2. The molecule has 8 heteroatoms. The minimum atomic E-state index is -0.0861. The molecule has 0 aromatic carbocycles. The molecule has 0 bridgehead atoms. The quantitative estimate of drug-likeness (QED) is 0.386. The maximum Gasteiger partial charge on any atom is 0.191 e. The highest BCUT2D eigenvalue weighted by atomic mass is 127. The van der Waals surface area contributed by atoms with Gasteiger partial charge in [0.15, 0.2) is 11.8 Å². The van der Waals surface area contributed by atoms with Crippen molar-refractivity contribution in [2.24, 2.45) is 10.4 Å². The third kappa shape index (κ3) is 4.11. The Morgan fingerprint density at radius 2 is 2.00 bits per heavy atom. The summed E-state index contributed by atoms with van der Waals surface area (Å²) in [5, 5.41) is 11.8. The summed E-state index contributed by atoms with van der Waals surface area (Å²) in [5.41, 5.74) is -0.0333. The molecule has 3 rings (SSSR count). The van der Waals surface area contributed by atoms with E-state index in [0.717, 1.165) is 43.4 Å². The first-order valence-corrected chi connectivity index (χ1v) is 9.69. The fourth-order valence-electron chi connectivity index (χ4n) is 3.94. The molecule has 0 radical (unpaired) electrons. The summed E-state index contributed by atoms with van der Waals surface area (Å²) < 4.78 is 7.78. The standard InChI is InChI=1S/C19H34N6O.HI/c1-12(2)16-23-15-9-8-13(11-25(15)24-16)21-17(20-6)22-14-10-19(5,26-7)18(14,3)4;/h12-14H,8-11H2,1-7H3,(H2,20,21,22);1H. The predicted octanol–water partition coefficient (Wildman–Crippen LogP) is 2.70. The Labute approximate surface area is 180 Å². The summed E-state index contributed by atoms with van der Waals surface area (Å²) in [4.78, 5) is 9.10. The molecule has 1 aromatic heterocycles. The molecule has 1 aliphatic carbocycles. The van der Waals surface area contributed by atoms with Gasteiger partial charge in [-0.2, -0.15) is 5.10 Å². The summed E-state index contributed by atoms with van der Waals surface area (Å²) in [7, 11) is 3.63. The third-order valence-electron chi connectivity index (χ3n) is 6.54. The van der Waals surface area contributed by atoms with Crippen LogP contribution in [-0.4, -0.2) is 52.6 Å². The van der Waals surface area contributed by atoms with Crippen molar-refractivity contribution in [3.05, 3.63) is 11.6 Å². The van der Waals surface area contributed by atoms with Crippen LogP contribution in [0.25, 0.3) is 0 Å². The van der Waals surface area contributed by atoms with Crippen LogP contribution in [0.5, 0.6) is 0 Å². The number of fused-ring (bicyclic) bond motifs is 1. The van der Waals surface area contributed by atoms with Crippen LogP contribution < -0.4 is 10.6 Å². The maximum atomic E-state index is 5.73. The summed E-state index contributed by atoms with van der Waals surface area (Å²) in [6.45, 7) is 11.8. The van der Waals surface area contributed by atoms with Crippen LogP contribution in [0, 0.1) is 5.41 Å². The minimum Gasteiger partial charge on any atom is -0.378 e. The van der Waals surface area contributed by atoms with Gasteiger partial charge in [0.05, 0.1) is 12.1 Å². The number of halogens is 1. The van der Waals surface area contributed by atoms with E-state index < -0.39 is 0 Å². The van der Waals surface area contributed by atoms with Crippen molar-refractivity contribution in [3.8, 4) is 0 Å². The monoisotopic (exact) mass is 490 g/mol. The summed E-state index contributed by atoms with van der Waals surface area (Å²) in [6, 6.07) is 0.657. The van der Waals surface area contributed by atoms with Crippen LogP contribution in [-0.2, 0) is 17.7 Å². The number of ether oxygens (including phenoxy) is 1. The highest BCUT2D eigenvalue weighted by Gasteiger charge is 2.58. The van der Waals surface area contributed by atoms with Crippen LogP contribution in [0.15, 0.2) is 4.99 Å². The largest absolute Gasteiger partial charge is 0.378 e. The number of guanidine groups is 1. The first kappa shape index (κ1) is 22.4. The van der Waals surface area contributed by atoms with Crippen molar-refractivity contribution in [3.63, 3.8) is 0 Å². The second-order valence-electron chi connectivity index (χ2n) is 8.73. The molecule has 7 nitrogen and oxygen atoms in total. The van der Waals surface area contributed by atoms with Crippen molar-refractivity contribution in [2.75, 3.05) is 14.2 Å². The molecule has 0 amide bonds. The zero-order valence-corrected chi connectivity index (χ0v) is 20.0. The lowest BCUT2D eigenvalue weighted by atomic mass is 9.56. The number of nitrogens with zero attached hydrogens (tertiary/aromatic N) is 4. The number of aliphatic imine (C=N–C) groups is 1. The lowest BCUT2D eigenvalue weighted by molar-refractivity contribution is -0.176. The van der Waals surface area contributed by atoms with Gasteiger partial charge in [-0.25, -0.2) is 9.67 Å². The number of aryl methyl sites for hydroxylation is 1. The van der Waals surface area contributed by atoms with E-state index in [0.29, 0.717) is 18.0 Å². The van der Waals surface area contributed by atoms with Gasteiger partial charge in [-0.15, -0.1) is 24.0 Å². The molecule has 0 saturated heterocycles. The molecule has 2 heterocycles. The van der Waals surface area contributed by atoms with Gasteiger partial charge in [0.25, 0.3) is 0 Å². The van der Waals surface area contributed by atoms with Gasteiger partial charge in [-0.1, -0.05) is 27.7 Å². The van der Waals surface area contributed by atoms with Gasteiger partial charge >= 0.3 is 0 Å². The van der Waals surface area contributed by atoms with Crippen molar-refractivity contribution in [1.29, 1.82) is 0 Å². The van der Waals surface area contributed by atoms with Crippen molar-refractivity contribution in [1.82, 2.24) is 25.4 Å². The fourth-order valence-corrected chi connectivity index (χ4v) is 3.94. The smallest absolute Gasteiger partial charge is 0.191 e. The lowest BCUT2D eigenvalue weighted by Gasteiger charge is -2.59. The Morgan fingerprint density at radius 1 is 1.30 bits per heavy atom. The molecule has 2 aliphatic rings. The van der Waals surface area contributed by atoms with Crippen LogP contribution in [0.2, 0.25) is 0 Å². The van der Waals surface area contributed by atoms with Crippen LogP contribution in [0.4, 0.5) is 0 Å². The first-order valence-electron chi connectivity index (χ1n) is 9.69. The highest BCUT2D eigenvalue weighted by Crippen LogP contribution is 2.51. The van der Waals surface area contributed by atoms with E-state index in [4.69, 9.17) is 4.74 Å². The number of aromatic nitrogens is 3. The molecular formula is C19H35IN6O. The van der Waals surface area contributed by atoms with Crippen LogP contribution in [0.3, 0.4) is 0 Å². The number of hydrogen-bond acceptors (Lipinski definition) is 4. The summed E-state index contributed by atoms with van der Waals surface area (Å²) in [6.07, 6.45) is 2.97. The molecule has 0 spiro atoms. The van der Waals surface area contributed by atoms with Crippen molar-refractivity contribution >= 4 is 29.9 Å². The average molecular weight is 490 g/mol. The molecule has 3 unspecified atom stereocenters. The van der Waals surface area contributed by atoms with Crippen LogP contribution >= 0.6 is 24.0 Å². The molecule has 2 N–H and O–H groups in total. The van der Waals surface area contributed by atoms with Crippen LogP contribution in [0.1, 0.15) is 65.0 Å². The molecule has 3 atom stereocenters. The molecule has 1 aromatic rings. The summed E-state index contributed by atoms with van der Waals surface area (Å²) >= 11 is 0. The van der Waals surface area contributed by atoms with E-state index in [2.05, 4.69) is 65.0 Å². The van der Waals surface area contributed by atoms with Crippen molar-refractivity contribution < 1.29 is 4.74 Å². The molecule has 1 saturated carbocycles. The second kappa shape index (κ2) is 8.23. The lowest BCUT2D eigenvalue weighted by Crippen LogP contribution is -2.69. The molecule has 1 fully saturated rings. The topological polar surface area (TPSA) is 76.4 Å². The van der Waals surface area contributed by atoms with Gasteiger partial charge < -0.3 is 15.4 Å². The van der Waals surface area contributed by atoms with Gasteiger partial charge in [0, 0.05) is 44.0 Å². The first-order chi connectivity index (χ1) is 12.2. The average Bonchev–Trinajstić information content (AvgIpc) is 3.03. The van der Waals surface area contributed by atoms with E-state index in [1.165, 1.54) is 0 Å². The fraction of sp³-hybridized carbons (Fsp3) is 0.842. The Morgan fingerprint density at radius 3 is 2.56 bits per heavy atom. The highest BCUT2D eigenvalue weighted by molar-refractivity contribution is 14.0. The number of rotatable bonds is 4. The Balaban J connectivity index is 0.00000261. The van der Waals surface area contributed by atoms with Gasteiger partial charge in [0.1, 0.15) is 5.82 Å². The zero-order chi connectivity index (χ0) is 19.1. The number of nitrogens with one attached hydrogen (secondary N) is 2. The predicted molar refractivity (Wildman–Crippen MR) is 119 cm³/mol. The van der Waals surface area contributed by atoms with Gasteiger partial charge in [-0.05, 0) is 19.8 Å². The minimum absolute atomic E-state index is 0. The third-order valence-corrected chi connectivity index (χ3v) is 6.54. The molecule has 1 aliphatic heterocycles. The van der Waals surface area contributed by atoms with Gasteiger partial charge in [-0.3, -0.25) is 4.99 Å².